The Morgan fingerprint density at radius 3 is 2.72 bits per heavy atom. The van der Waals surface area contributed by atoms with Crippen LogP contribution in [0.25, 0.3) is 34.0 Å². The van der Waals surface area contributed by atoms with Crippen LogP contribution in [0.3, 0.4) is 0 Å². The van der Waals surface area contributed by atoms with Gasteiger partial charge in [0.2, 0.25) is 0 Å². The number of hydrogen-bond acceptors (Lipinski definition) is 3. The number of phenolic OH excluding ortho intramolecular Hbond substituents is 1. The molecule has 0 aliphatic rings. The summed E-state index contributed by atoms with van der Waals surface area (Å²) in [6.45, 7) is -0.150. The second-order valence-corrected chi connectivity index (χ2v) is 5.85. The highest BCUT2D eigenvalue weighted by atomic mass is 19.1. The first-order valence-electron chi connectivity index (χ1n) is 8.02. The lowest BCUT2D eigenvalue weighted by Gasteiger charge is -2.00. The van der Waals surface area contributed by atoms with Crippen LogP contribution in [0.15, 0.2) is 54.7 Å². The van der Waals surface area contributed by atoms with E-state index in [-0.39, 0.29) is 12.3 Å². The molecule has 0 bridgehead atoms. The summed E-state index contributed by atoms with van der Waals surface area (Å²) in [6.07, 6.45) is 5.78. The Kier molecular flexibility index (Phi) is 3.90. The number of rotatable bonds is 4. The number of nitrogens with zero attached hydrogens (tertiary/aromatic N) is 3. The molecule has 0 aliphatic heterocycles. The zero-order chi connectivity index (χ0) is 17.2. The number of aromatic hydroxyl groups is 1. The molecular formula is C20H16FN3O. The number of fused-ring (bicyclic) bond motifs is 2. The number of hydrogen-bond donors (Lipinski definition) is 1. The molecule has 0 saturated carbocycles. The maximum absolute atomic E-state index is 12.4. The first-order chi connectivity index (χ1) is 12.2. The number of benzene rings is 2. The first-order valence-corrected chi connectivity index (χ1v) is 8.02. The highest BCUT2D eigenvalue weighted by Crippen LogP contribution is 2.20. The van der Waals surface area contributed by atoms with Crippen LogP contribution in [0, 0.1) is 0 Å². The van der Waals surface area contributed by atoms with Crippen molar-refractivity contribution >= 4 is 34.0 Å². The zero-order valence-corrected chi connectivity index (χ0v) is 13.4. The normalized spacial score (nSPS) is 11.7. The van der Waals surface area contributed by atoms with E-state index in [1.807, 2.05) is 48.7 Å². The van der Waals surface area contributed by atoms with Gasteiger partial charge in [-0.25, -0.2) is 9.37 Å². The quantitative estimate of drug-likeness (QED) is 0.601. The van der Waals surface area contributed by atoms with Crippen molar-refractivity contribution in [1.82, 2.24) is 14.8 Å². The highest BCUT2D eigenvalue weighted by molar-refractivity contribution is 5.84. The van der Waals surface area contributed by atoms with Crippen molar-refractivity contribution in [2.75, 3.05) is 6.67 Å². The van der Waals surface area contributed by atoms with Crippen LogP contribution < -0.4 is 0 Å². The average Bonchev–Trinajstić information content (AvgIpc) is 3.02. The van der Waals surface area contributed by atoms with Crippen LogP contribution in [0.2, 0.25) is 0 Å². The van der Waals surface area contributed by atoms with Gasteiger partial charge in [0, 0.05) is 17.0 Å². The van der Waals surface area contributed by atoms with E-state index in [1.165, 1.54) is 0 Å². The number of aromatic nitrogens is 3. The van der Waals surface area contributed by atoms with Crippen molar-refractivity contribution in [3.05, 3.63) is 66.0 Å². The monoisotopic (exact) mass is 333 g/mol. The number of halogens is 1. The van der Waals surface area contributed by atoms with E-state index < -0.39 is 6.67 Å². The van der Waals surface area contributed by atoms with Gasteiger partial charge >= 0.3 is 0 Å². The summed E-state index contributed by atoms with van der Waals surface area (Å²) in [5, 5.41) is 15.7. The summed E-state index contributed by atoms with van der Waals surface area (Å²) >= 11 is 0. The van der Waals surface area contributed by atoms with Crippen molar-refractivity contribution in [1.29, 1.82) is 0 Å². The van der Waals surface area contributed by atoms with Crippen molar-refractivity contribution in [2.24, 2.45) is 0 Å². The topological polar surface area (TPSA) is 50.9 Å². The Balaban J connectivity index is 1.62. The van der Waals surface area contributed by atoms with Gasteiger partial charge in [-0.05, 0) is 48.0 Å². The molecule has 124 valence electrons. The van der Waals surface area contributed by atoms with Gasteiger partial charge in [-0.3, -0.25) is 4.68 Å². The Morgan fingerprint density at radius 1 is 0.960 bits per heavy atom. The van der Waals surface area contributed by atoms with Crippen LogP contribution in [-0.2, 0) is 6.54 Å². The largest absolute Gasteiger partial charge is 0.508 e. The molecule has 2 aromatic carbocycles. The SMILES string of the molecule is Oc1ccc2nc(/C=C/c3ccc4nn(CCF)cc4c3)ccc2c1. The van der Waals surface area contributed by atoms with Crippen LogP contribution >= 0.6 is 0 Å². The zero-order valence-electron chi connectivity index (χ0n) is 13.4. The summed E-state index contributed by atoms with van der Waals surface area (Å²) in [5.41, 5.74) is 3.56. The molecule has 4 aromatic rings. The van der Waals surface area contributed by atoms with E-state index in [2.05, 4.69) is 10.1 Å². The third-order valence-electron chi connectivity index (χ3n) is 4.03. The lowest BCUT2D eigenvalue weighted by atomic mass is 10.1. The van der Waals surface area contributed by atoms with Gasteiger partial charge in [0.05, 0.1) is 23.3 Å². The summed E-state index contributed by atoms with van der Waals surface area (Å²) in [7, 11) is 0. The minimum atomic E-state index is -0.424. The molecule has 0 atom stereocenters. The molecule has 2 heterocycles. The van der Waals surface area contributed by atoms with Gasteiger partial charge in [-0.2, -0.15) is 5.10 Å². The molecule has 4 nitrogen and oxygen atoms in total. The third-order valence-corrected chi connectivity index (χ3v) is 4.03. The average molecular weight is 333 g/mol. The van der Waals surface area contributed by atoms with Crippen LogP contribution in [0.4, 0.5) is 4.39 Å². The lowest BCUT2D eigenvalue weighted by Crippen LogP contribution is -1.98. The minimum Gasteiger partial charge on any atom is -0.508 e. The molecule has 0 aliphatic carbocycles. The van der Waals surface area contributed by atoms with E-state index in [4.69, 9.17) is 0 Å². The highest BCUT2D eigenvalue weighted by Gasteiger charge is 2.01. The molecule has 0 amide bonds. The van der Waals surface area contributed by atoms with Crippen molar-refractivity contribution in [3.63, 3.8) is 0 Å². The van der Waals surface area contributed by atoms with Crippen LogP contribution in [-0.4, -0.2) is 26.5 Å². The molecule has 5 heteroatoms. The molecule has 0 unspecified atom stereocenters. The summed E-state index contributed by atoms with van der Waals surface area (Å²) in [6, 6.07) is 14.9. The van der Waals surface area contributed by atoms with Crippen LogP contribution in [0.1, 0.15) is 11.3 Å². The second-order valence-electron chi connectivity index (χ2n) is 5.85. The predicted molar refractivity (Wildman–Crippen MR) is 98.0 cm³/mol. The summed E-state index contributed by atoms with van der Waals surface area (Å²) in [5.74, 6) is 0.235. The molecule has 2 aromatic heterocycles. The summed E-state index contributed by atoms with van der Waals surface area (Å²) < 4.78 is 14.1. The van der Waals surface area contributed by atoms with Crippen molar-refractivity contribution < 1.29 is 9.50 Å². The first kappa shape index (κ1) is 15.3. The van der Waals surface area contributed by atoms with Gasteiger partial charge < -0.3 is 5.11 Å². The smallest absolute Gasteiger partial charge is 0.116 e. The van der Waals surface area contributed by atoms with E-state index in [9.17, 15) is 9.50 Å². The Labute approximate surface area is 143 Å². The Hall–Kier alpha value is -3.21. The second kappa shape index (κ2) is 6.36. The fourth-order valence-corrected chi connectivity index (χ4v) is 2.80. The fourth-order valence-electron chi connectivity index (χ4n) is 2.80. The van der Waals surface area contributed by atoms with Gasteiger partial charge in [0.25, 0.3) is 0 Å². The molecule has 25 heavy (non-hydrogen) atoms. The van der Waals surface area contributed by atoms with Gasteiger partial charge in [-0.15, -0.1) is 0 Å². The van der Waals surface area contributed by atoms with Gasteiger partial charge in [0.15, 0.2) is 0 Å². The van der Waals surface area contributed by atoms with Crippen molar-refractivity contribution in [3.8, 4) is 5.75 Å². The third kappa shape index (κ3) is 3.21. The predicted octanol–water partition coefficient (Wildman–Crippen LogP) is 4.43. The number of aryl methyl sites for hydroxylation is 1. The fraction of sp³-hybridized carbons (Fsp3) is 0.100. The maximum Gasteiger partial charge on any atom is 0.116 e. The number of phenols is 1. The molecule has 1 N–H and O–H groups in total. The number of alkyl halides is 1. The molecule has 0 fully saturated rings. The van der Waals surface area contributed by atoms with Gasteiger partial charge in [0.1, 0.15) is 12.4 Å². The van der Waals surface area contributed by atoms with Crippen LogP contribution in [0.5, 0.6) is 5.75 Å². The maximum atomic E-state index is 12.4. The lowest BCUT2D eigenvalue weighted by molar-refractivity contribution is 0.428. The molecule has 0 saturated heterocycles. The number of pyridine rings is 1. The molecule has 0 radical (unpaired) electrons. The van der Waals surface area contributed by atoms with Crippen molar-refractivity contribution in [2.45, 2.75) is 6.54 Å². The summed E-state index contributed by atoms with van der Waals surface area (Å²) in [4.78, 5) is 4.57. The minimum absolute atomic E-state index is 0.235. The standard InChI is InChI=1S/C20H16FN3O/c21-9-10-24-13-16-11-14(2-7-20(16)23-24)1-4-17-5-3-15-12-18(25)6-8-19(15)22-17/h1-8,11-13,25H,9-10H2/b4-1+. The molecule has 0 spiro atoms. The van der Waals surface area contributed by atoms with E-state index in [0.717, 1.165) is 33.1 Å². The Bertz CT molecular complexity index is 1080. The van der Waals surface area contributed by atoms with E-state index in [0.29, 0.717) is 0 Å². The Morgan fingerprint density at radius 2 is 1.84 bits per heavy atom. The van der Waals surface area contributed by atoms with Gasteiger partial charge in [-0.1, -0.05) is 18.2 Å². The van der Waals surface area contributed by atoms with E-state index >= 15 is 0 Å². The molecular weight excluding hydrogens is 317 g/mol. The van der Waals surface area contributed by atoms with E-state index in [1.54, 1.807) is 22.9 Å². The molecule has 4 rings (SSSR count).